The Morgan fingerprint density at radius 2 is 2.18 bits per heavy atom. The second kappa shape index (κ2) is 9.50. The van der Waals surface area contributed by atoms with E-state index in [9.17, 15) is 4.79 Å². The van der Waals surface area contributed by atoms with E-state index < -0.39 is 5.97 Å². The summed E-state index contributed by atoms with van der Waals surface area (Å²) in [5.74, 6) is -0.789. The molecule has 6 heteroatoms. The molecule has 0 aliphatic heterocycles. The van der Waals surface area contributed by atoms with Crippen LogP contribution >= 0.6 is 27.5 Å². The SMILES string of the molecule is CCCCCCOc1c(Br)cc(Cl)cc1C=C(C#N)C(=O)O. The normalized spacial score (nSPS) is 11.1. The van der Waals surface area contributed by atoms with Gasteiger partial charge in [-0.3, -0.25) is 0 Å². The zero-order chi connectivity index (χ0) is 16.5. The summed E-state index contributed by atoms with van der Waals surface area (Å²) in [6, 6.07) is 4.90. The van der Waals surface area contributed by atoms with E-state index in [1.54, 1.807) is 18.2 Å². The minimum Gasteiger partial charge on any atom is -0.492 e. The Kier molecular flexibility index (Phi) is 8.00. The maximum atomic E-state index is 11.0. The van der Waals surface area contributed by atoms with Crippen LogP contribution in [0.15, 0.2) is 22.2 Å². The van der Waals surface area contributed by atoms with Crippen molar-refractivity contribution in [2.45, 2.75) is 32.6 Å². The predicted octanol–water partition coefficient (Wildman–Crippen LogP) is 5.05. The minimum absolute atomic E-state index is 0.370. The fraction of sp³-hybridized carbons (Fsp3) is 0.375. The molecule has 0 bridgehead atoms. The molecule has 0 fully saturated rings. The average Bonchev–Trinajstić information content (AvgIpc) is 2.46. The van der Waals surface area contributed by atoms with Crippen molar-refractivity contribution in [3.05, 3.63) is 32.8 Å². The number of unbranched alkanes of at least 4 members (excludes halogenated alkanes) is 3. The van der Waals surface area contributed by atoms with Crippen molar-refractivity contribution in [1.82, 2.24) is 0 Å². The van der Waals surface area contributed by atoms with Crippen molar-refractivity contribution < 1.29 is 14.6 Å². The van der Waals surface area contributed by atoms with Crippen LogP contribution in [0, 0.1) is 11.3 Å². The lowest BCUT2D eigenvalue weighted by molar-refractivity contribution is -0.132. The number of rotatable bonds is 8. The van der Waals surface area contributed by atoms with Crippen molar-refractivity contribution in [3.8, 4) is 11.8 Å². The smallest absolute Gasteiger partial charge is 0.346 e. The number of hydrogen-bond acceptors (Lipinski definition) is 3. The summed E-state index contributed by atoms with van der Waals surface area (Å²) in [5.41, 5.74) is 0.0961. The molecule has 0 atom stereocenters. The number of halogens is 2. The monoisotopic (exact) mass is 385 g/mol. The van der Waals surface area contributed by atoms with E-state index in [2.05, 4.69) is 22.9 Å². The number of aliphatic carboxylic acids is 1. The molecule has 1 aromatic carbocycles. The van der Waals surface area contributed by atoms with Gasteiger partial charge < -0.3 is 9.84 Å². The van der Waals surface area contributed by atoms with Crippen molar-refractivity contribution in [2.24, 2.45) is 0 Å². The van der Waals surface area contributed by atoms with E-state index in [1.165, 1.54) is 6.08 Å². The molecule has 4 nitrogen and oxygen atoms in total. The molecule has 0 aromatic heterocycles. The highest BCUT2D eigenvalue weighted by Crippen LogP contribution is 2.34. The summed E-state index contributed by atoms with van der Waals surface area (Å²) >= 11 is 9.35. The Morgan fingerprint density at radius 3 is 2.77 bits per heavy atom. The number of nitrogens with zero attached hydrogens (tertiary/aromatic N) is 1. The highest BCUT2D eigenvalue weighted by molar-refractivity contribution is 9.10. The topological polar surface area (TPSA) is 70.3 Å². The first-order valence-electron chi connectivity index (χ1n) is 6.96. The summed E-state index contributed by atoms with van der Waals surface area (Å²) in [7, 11) is 0. The van der Waals surface area contributed by atoms with Crippen LogP contribution in [0.4, 0.5) is 0 Å². The molecule has 0 amide bonds. The maximum Gasteiger partial charge on any atom is 0.346 e. The van der Waals surface area contributed by atoms with Gasteiger partial charge in [-0.05, 0) is 40.6 Å². The minimum atomic E-state index is -1.28. The molecule has 118 valence electrons. The van der Waals surface area contributed by atoms with Gasteiger partial charge in [-0.1, -0.05) is 37.8 Å². The summed E-state index contributed by atoms with van der Waals surface area (Å²) < 4.78 is 6.37. The molecule has 0 unspecified atom stereocenters. The van der Waals surface area contributed by atoms with Crippen molar-refractivity contribution in [1.29, 1.82) is 5.26 Å². The van der Waals surface area contributed by atoms with E-state index in [1.807, 2.05) is 0 Å². The highest BCUT2D eigenvalue weighted by Gasteiger charge is 2.13. The Balaban J connectivity index is 3.00. The van der Waals surface area contributed by atoms with Gasteiger partial charge in [-0.15, -0.1) is 0 Å². The van der Waals surface area contributed by atoms with Gasteiger partial charge in [-0.2, -0.15) is 5.26 Å². The number of nitriles is 1. The molecule has 0 aliphatic carbocycles. The molecule has 1 N–H and O–H groups in total. The molecule has 22 heavy (non-hydrogen) atoms. The molecular weight excluding hydrogens is 370 g/mol. The van der Waals surface area contributed by atoms with Gasteiger partial charge in [0.15, 0.2) is 0 Å². The van der Waals surface area contributed by atoms with Crippen molar-refractivity contribution in [3.63, 3.8) is 0 Å². The highest BCUT2D eigenvalue weighted by atomic mass is 79.9. The van der Waals surface area contributed by atoms with Crippen LogP contribution in [0.5, 0.6) is 5.75 Å². The Hall–Kier alpha value is -1.51. The third-order valence-corrected chi connectivity index (χ3v) is 3.74. The first-order chi connectivity index (χ1) is 10.5. The zero-order valence-electron chi connectivity index (χ0n) is 12.2. The number of hydrogen-bond donors (Lipinski definition) is 1. The lowest BCUT2D eigenvalue weighted by atomic mass is 10.1. The van der Waals surface area contributed by atoms with Gasteiger partial charge in [0.25, 0.3) is 0 Å². The lowest BCUT2D eigenvalue weighted by Gasteiger charge is -2.12. The zero-order valence-corrected chi connectivity index (χ0v) is 14.6. The fourth-order valence-electron chi connectivity index (χ4n) is 1.84. The van der Waals surface area contributed by atoms with Crippen LogP contribution < -0.4 is 4.74 Å². The number of carboxylic acids is 1. The Labute approximate surface area is 143 Å². The molecule has 1 rings (SSSR count). The first-order valence-corrected chi connectivity index (χ1v) is 8.13. The second-order valence-electron chi connectivity index (χ2n) is 4.69. The third-order valence-electron chi connectivity index (χ3n) is 2.93. The number of carbonyl (C=O) groups is 1. The summed E-state index contributed by atoms with van der Waals surface area (Å²) in [6.45, 7) is 2.66. The van der Waals surface area contributed by atoms with Crippen LogP contribution in [0.3, 0.4) is 0 Å². The first kappa shape index (κ1) is 18.5. The third kappa shape index (κ3) is 5.70. The quantitative estimate of drug-likeness (QED) is 0.385. The number of carboxylic acid groups (broad SMARTS) is 1. The van der Waals surface area contributed by atoms with E-state index in [0.717, 1.165) is 25.7 Å². The van der Waals surface area contributed by atoms with Crippen LogP contribution in [0.1, 0.15) is 38.2 Å². The average molecular weight is 387 g/mol. The van der Waals surface area contributed by atoms with Gasteiger partial charge in [-0.25, -0.2) is 4.79 Å². The Morgan fingerprint density at radius 1 is 1.45 bits per heavy atom. The van der Waals surface area contributed by atoms with Crippen LogP contribution in [-0.2, 0) is 4.79 Å². The van der Waals surface area contributed by atoms with Gasteiger partial charge in [0.2, 0.25) is 0 Å². The van der Waals surface area contributed by atoms with E-state index >= 15 is 0 Å². The summed E-state index contributed by atoms with van der Waals surface area (Å²) in [4.78, 5) is 11.0. The van der Waals surface area contributed by atoms with E-state index in [-0.39, 0.29) is 5.57 Å². The predicted molar refractivity (Wildman–Crippen MR) is 90.0 cm³/mol. The van der Waals surface area contributed by atoms with Gasteiger partial charge in [0.1, 0.15) is 17.4 Å². The summed E-state index contributed by atoms with van der Waals surface area (Å²) in [5, 5.41) is 18.3. The molecule has 0 aliphatic rings. The second-order valence-corrected chi connectivity index (χ2v) is 5.98. The fourth-order valence-corrected chi connectivity index (χ4v) is 2.79. The molecule has 0 heterocycles. The molecule has 0 spiro atoms. The van der Waals surface area contributed by atoms with Crippen LogP contribution in [0.25, 0.3) is 6.08 Å². The van der Waals surface area contributed by atoms with Crippen molar-refractivity contribution in [2.75, 3.05) is 6.61 Å². The van der Waals surface area contributed by atoms with E-state index in [4.69, 9.17) is 26.7 Å². The number of benzene rings is 1. The standard InChI is InChI=1S/C16H17BrClNO3/c1-2-3-4-5-6-22-15-11(7-12(10-19)16(20)21)8-13(18)9-14(15)17/h7-9H,2-6H2,1H3,(H,20,21). The lowest BCUT2D eigenvalue weighted by Crippen LogP contribution is -2.02. The van der Waals surface area contributed by atoms with Crippen LogP contribution in [0.2, 0.25) is 5.02 Å². The van der Waals surface area contributed by atoms with E-state index in [0.29, 0.717) is 27.4 Å². The van der Waals surface area contributed by atoms with Gasteiger partial charge >= 0.3 is 5.97 Å². The van der Waals surface area contributed by atoms with Gasteiger partial charge in [0, 0.05) is 10.6 Å². The maximum absolute atomic E-state index is 11.0. The number of ether oxygens (including phenoxy) is 1. The Bertz CT molecular complexity index is 608. The molecular formula is C16H17BrClNO3. The summed E-state index contributed by atoms with van der Waals surface area (Å²) in [6.07, 6.45) is 5.54. The van der Waals surface area contributed by atoms with Crippen molar-refractivity contribution >= 4 is 39.6 Å². The molecule has 1 aromatic rings. The largest absolute Gasteiger partial charge is 0.492 e. The molecule has 0 radical (unpaired) electrons. The molecule has 0 saturated heterocycles. The molecule has 0 saturated carbocycles. The van der Waals surface area contributed by atoms with Gasteiger partial charge in [0.05, 0.1) is 11.1 Å². The van der Waals surface area contributed by atoms with Crippen LogP contribution in [-0.4, -0.2) is 17.7 Å².